The molecular formula is C19H27N. The third-order valence-corrected chi connectivity index (χ3v) is 5.06. The van der Waals surface area contributed by atoms with E-state index < -0.39 is 0 Å². The first kappa shape index (κ1) is 13.9. The molecule has 0 bridgehead atoms. The Labute approximate surface area is 123 Å². The summed E-state index contributed by atoms with van der Waals surface area (Å²) in [4.78, 5) is 2.29. The summed E-state index contributed by atoms with van der Waals surface area (Å²) >= 11 is 0. The molecule has 1 fully saturated rings. The summed E-state index contributed by atoms with van der Waals surface area (Å²) in [5, 5.41) is 0. The third-order valence-electron chi connectivity index (χ3n) is 5.06. The van der Waals surface area contributed by atoms with E-state index in [1.165, 1.54) is 51.5 Å². The number of rotatable bonds is 4. The van der Waals surface area contributed by atoms with Crippen LogP contribution in [0.25, 0.3) is 5.57 Å². The minimum absolute atomic E-state index is 0.391. The zero-order chi connectivity index (χ0) is 14.0. The van der Waals surface area contributed by atoms with Crippen LogP contribution in [-0.4, -0.2) is 25.5 Å². The molecule has 108 valence electrons. The van der Waals surface area contributed by atoms with Gasteiger partial charge in [-0.3, -0.25) is 0 Å². The van der Waals surface area contributed by atoms with Gasteiger partial charge in [0.25, 0.3) is 0 Å². The van der Waals surface area contributed by atoms with Crippen molar-refractivity contribution < 1.29 is 0 Å². The van der Waals surface area contributed by atoms with Gasteiger partial charge in [-0.15, -0.1) is 0 Å². The fraction of sp³-hybridized carbons (Fsp3) is 0.579. The van der Waals surface area contributed by atoms with Gasteiger partial charge < -0.3 is 4.90 Å². The van der Waals surface area contributed by atoms with E-state index >= 15 is 0 Å². The van der Waals surface area contributed by atoms with Gasteiger partial charge in [-0.1, -0.05) is 49.6 Å². The zero-order valence-electron chi connectivity index (χ0n) is 13.0. The van der Waals surface area contributed by atoms with Crippen molar-refractivity contribution in [3.63, 3.8) is 0 Å². The van der Waals surface area contributed by atoms with Crippen molar-refractivity contribution in [2.45, 2.75) is 50.4 Å². The lowest BCUT2D eigenvalue weighted by Gasteiger charge is -2.33. The largest absolute Gasteiger partial charge is 0.309 e. The van der Waals surface area contributed by atoms with E-state index in [0.717, 1.165) is 0 Å². The maximum atomic E-state index is 2.65. The SMILES string of the molecule is CN(C)CCCC1=CC2(CCCCC2)c2ccccc21. The molecule has 0 amide bonds. The third kappa shape index (κ3) is 2.56. The first-order chi connectivity index (χ1) is 9.71. The highest BCUT2D eigenvalue weighted by molar-refractivity contribution is 5.76. The fourth-order valence-corrected chi connectivity index (χ4v) is 4.08. The van der Waals surface area contributed by atoms with E-state index in [0.29, 0.717) is 5.41 Å². The average molecular weight is 269 g/mol. The Bertz CT molecular complexity index is 492. The quantitative estimate of drug-likeness (QED) is 0.770. The second kappa shape index (κ2) is 5.73. The molecule has 3 rings (SSSR count). The molecule has 1 spiro atoms. The molecule has 0 aromatic heterocycles. The van der Waals surface area contributed by atoms with Gasteiger partial charge in [0, 0.05) is 5.41 Å². The molecule has 0 radical (unpaired) electrons. The molecule has 2 aliphatic rings. The van der Waals surface area contributed by atoms with Gasteiger partial charge in [-0.2, -0.15) is 0 Å². The molecule has 0 heterocycles. The van der Waals surface area contributed by atoms with Crippen molar-refractivity contribution in [1.29, 1.82) is 0 Å². The molecule has 1 aromatic rings. The predicted octanol–water partition coefficient (Wildman–Crippen LogP) is 4.63. The Morgan fingerprint density at radius 1 is 1.05 bits per heavy atom. The first-order valence-corrected chi connectivity index (χ1v) is 8.18. The number of allylic oxidation sites excluding steroid dienone is 2. The smallest absolute Gasteiger partial charge is 0.0144 e. The lowest BCUT2D eigenvalue weighted by atomic mass is 9.71. The maximum absolute atomic E-state index is 2.65. The maximum Gasteiger partial charge on any atom is 0.0144 e. The van der Waals surface area contributed by atoms with Crippen LogP contribution in [0.3, 0.4) is 0 Å². The summed E-state index contributed by atoms with van der Waals surface area (Å²) in [7, 11) is 4.33. The molecule has 20 heavy (non-hydrogen) atoms. The topological polar surface area (TPSA) is 3.24 Å². The summed E-state index contributed by atoms with van der Waals surface area (Å²) < 4.78 is 0. The summed E-state index contributed by atoms with van der Waals surface area (Å²) in [6.07, 6.45) is 12.1. The Morgan fingerprint density at radius 2 is 1.80 bits per heavy atom. The first-order valence-electron chi connectivity index (χ1n) is 8.18. The molecule has 0 atom stereocenters. The minimum atomic E-state index is 0.391. The number of nitrogens with zero attached hydrogens (tertiary/aromatic N) is 1. The molecule has 0 N–H and O–H groups in total. The van der Waals surface area contributed by atoms with Crippen molar-refractivity contribution in [2.24, 2.45) is 0 Å². The summed E-state index contributed by atoms with van der Waals surface area (Å²) in [6.45, 7) is 1.19. The van der Waals surface area contributed by atoms with Crippen molar-refractivity contribution in [3.05, 3.63) is 41.5 Å². The lowest BCUT2D eigenvalue weighted by molar-refractivity contribution is 0.361. The molecule has 1 saturated carbocycles. The summed E-state index contributed by atoms with van der Waals surface area (Å²) in [6, 6.07) is 9.17. The zero-order valence-corrected chi connectivity index (χ0v) is 13.0. The van der Waals surface area contributed by atoms with Crippen LogP contribution >= 0.6 is 0 Å². The molecule has 1 aromatic carbocycles. The normalized spacial score (nSPS) is 20.2. The van der Waals surface area contributed by atoms with Crippen LogP contribution in [0.5, 0.6) is 0 Å². The molecular weight excluding hydrogens is 242 g/mol. The minimum Gasteiger partial charge on any atom is -0.309 e. The van der Waals surface area contributed by atoms with Crippen LogP contribution in [0.1, 0.15) is 56.1 Å². The standard InChI is InChI=1S/C19H27N/c1-20(2)14-8-9-16-15-19(12-6-3-7-13-19)18-11-5-4-10-17(16)18/h4-5,10-11,15H,3,6-9,12-14H2,1-2H3. The van der Waals surface area contributed by atoms with Crippen molar-refractivity contribution >= 4 is 5.57 Å². The van der Waals surface area contributed by atoms with E-state index in [-0.39, 0.29) is 0 Å². The second-order valence-electron chi connectivity index (χ2n) is 6.84. The predicted molar refractivity (Wildman–Crippen MR) is 87.0 cm³/mol. The van der Waals surface area contributed by atoms with Crippen LogP contribution in [0.15, 0.2) is 30.3 Å². The highest BCUT2D eigenvalue weighted by Gasteiger charge is 2.38. The van der Waals surface area contributed by atoms with Crippen LogP contribution in [0.4, 0.5) is 0 Å². The Balaban J connectivity index is 1.84. The summed E-state index contributed by atoms with van der Waals surface area (Å²) in [5.74, 6) is 0. The molecule has 1 nitrogen and oxygen atoms in total. The highest BCUT2D eigenvalue weighted by atomic mass is 15.0. The number of hydrogen-bond donors (Lipinski definition) is 0. The Kier molecular flexibility index (Phi) is 3.98. The van der Waals surface area contributed by atoms with Crippen molar-refractivity contribution in [1.82, 2.24) is 4.90 Å². The molecule has 0 aliphatic heterocycles. The van der Waals surface area contributed by atoms with Crippen LogP contribution in [0, 0.1) is 0 Å². The van der Waals surface area contributed by atoms with Crippen LogP contribution < -0.4 is 0 Å². The van der Waals surface area contributed by atoms with Gasteiger partial charge in [-0.05, 0) is 63.0 Å². The summed E-state index contributed by atoms with van der Waals surface area (Å²) in [5.41, 5.74) is 5.18. The molecule has 2 aliphatic carbocycles. The van der Waals surface area contributed by atoms with Crippen LogP contribution in [0.2, 0.25) is 0 Å². The van der Waals surface area contributed by atoms with Crippen molar-refractivity contribution in [3.8, 4) is 0 Å². The molecule has 0 saturated heterocycles. The number of hydrogen-bond acceptors (Lipinski definition) is 1. The average Bonchev–Trinajstić information content (AvgIpc) is 2.74. The fourth-order valence-electron chi connectivity index (χ4n) is 4.08. The Hall–Kier alpha value is -1.08. The second-order valence-corrected chi connectivity index (χ2v) is 6.84. The Morgan fingerprint density at radius 3 is 2.55 bits per heavy atom. The monoisotopic (exact) mass is 269 g/mol. The van der Waals surface area contributed by atoms with E-state index in [2.05, 4.69) is 49.3 Å². The van der Waals surface area contributed by atoms with Gasteiger partial charge in [0.1, 0.15) is 0 Å². The van der Waals surface area contributed by atoms with Gasteiger partial charge >= 0.3 is 0 Å². The van der Waals surface area contributed by atoms with E-state index in [1.807, 2.05) is 0 Å². The lowest BCUT2D eigenvalue weighted by Crippen LogP contribution is -2.24. The van der Waals surface area contributed by atoms with Gasteiger partial charge in [0.2, 0.25) is 0 Å². The van der Waals surface area contributed by atoms with Crippen LogP contribution in [-0.2, 0) is 5.41 Å². The number of benzene rings is 1. The van der Waals surface area contributed by atoms with Gasteiger partial charge in [-0.25, -0.2) is 0 Å². The van der Waals surface area contributed by atoms with E-state index in [1.54, 1.807) is 16.7 Å². The van der Waals surface area contributed by atoms with Crippen molar-refractivity contribution in [2.75, 3.05) is 20.6 Å². The molecule has 1 heteroatoms. The number of fused-ring (bicyclic) bond motifs is 2. The van der Waals surface area contributed by atoms with E-state index in [9.17, 15) is 0 Å². The van der Waals surface area contributed by atoms with Gasteiger partial charge in [0.15, 0.2) is 0 Å². The molecule has 0 unspecified atom stereocenters. The van der Waals surface area contributed by atoms with E-state index in [4.69, 9.17) is 0 Å². The van der Waals surface area contributed by atoms with Gasteiger partial charge in [0.05, 0.1) is 0 Å². The highest BCUT2D eigenvalue weighted by Crippen LogP contribution is 2.50.